The van der Waals surface area contributed by atoms with Gasteiger partial charge in [-0.1, -0.05) is 12.1 Å². The Balaban J connectivity index is 2.03. The number of hydrogen-bond donors (Lipinski definition) is 0. The molecule has 0 N–H and O–H groups in total. The van der Waals surface area contributed by atoms with Crippen LogP contribution in [0.1, 0.15) is 23.2 Å². The average Bonchev–Trinajstić information content (AvgIpc) is 2.38. The van der Waals surface area contributed by atoms with Crippen LogP contribution < -0.4 is 0 Å². The van der Waals surface area contributed by atoms with Crippen LogP contribution in [-0.4, -0.2) is 30.1 Å². The number of nitrogens with zero attached hydrogens (tertiary/aromatic N) is 1. The van der Waals surface area contributed by atoms with Crippen molar-refractivity contribution in [1.29, 1.82) is 0 Å². The van der Waals surface area contributed by atoms with Crippen LogP contribution in [0.25, 0.3) is 0 Å². The van der Waals surface area contributed by atoms with Crippen molar-refractivity contribution in [2.45, 2.75) is 19.0 Å². The molecule has 0 atom stereocenters. The number of alkyl halides is 3. The number of carbonyl (C=O) groups is 1. The van der Waals surface area contributed by atoms with Gasteiger partial charge >= 0.3 is 6.18 Å². The molecule has 1 aromatic rings. The summed E-state index contributed by atoms with van der Waals surface area (Å²) >= 11 is 0. The van der Waals surface area contributed by atoms with Crippen molar-refractivity contribution >= 4 is 5.91 Å². The summed E-state index contributed by atoms with van der Waals surface area (Å²) in [7, 11) is 0. The molecule has 0 bridgehead atoms. The maximum Gasteiger partial charge on any atom is 0.391 e. The lowest BCUT2D eigenvalue weighted by atomic mass is 9.96. The quantitative estimate of drug-likeness (QED) is 0.720. The summed E-state index contributed by atoms with van der Waals surface area (Å²) in [5.41, 5.74) is -0.0899. The van der Waals surface area contributed by atoms with E-state index < -0.39 is 23.8 Å². The normalized spacial score (nSPS) is 17.6. The molecule has 2 rings (SSSR count). The van der Waals surface area contributed by atoms with Crippen LogP contribution in [0, 0.1) is 11.7 Å². The van der Waals surface area contributed by atoms with Crippen molar-refractivity contribution in [3.63, 3.8) is 0 Å². The Kier molecular flexibility index (Phi) is 3.78. The van der Waals surface area contributed by atoms with Gasteiger partial charge in [0, 0.05) is 13.1 Å². The fourth-order valence-electron chi connectivity index (χ4n) is 2.21. The molecule has 1 heterocycles. The molecule has 0 spiro atoms. The van der Waals surface area contributed by atoms with Crippen LogP contribution in [0.2, 0.25) is 0 Å². The number of likely N-dealkylation sites (tertiary alicyclic amines) is 1. The lowest BCUT2D eigenvalue weighted by Crippen LogP contribution is -2.42. The van der Waals surface area contributed by atoms with Gasteiger partial charge in [-0.25, -0.2) is 4.39 Å². The molecular weight excluding hydrogens is 262 g/mol. The van der Waals surface area contributed by atoms with Crippen molar-refractivity contribution in [2.75, 3.05) is 13.1 Å². The molecule has 0 aliphatic carbocycles. The number of amides is 1. The lowest BCUT2D eigenvalue weighted by molar-refractivity contribution is -0.183. The average molecular weight is 275 g/mol. The molecule has 104 valence electrons. The second-order valence-electron chi connectivity index (χ2n) is 4.59. The highest BCUT2D eigenvalue weighted by atomic mass is 19.4. The van der Waals surface area contributed by atoms with Gasteiger partial charge in [-0.2, -0.15) is 13.2 Å². The monoisotopic (exact) mass is 275 g/mol. The van der Waals surface area contributed by atoms with Crippen molar-refractivity contribution < 1.29 is 22.4 Å². The minimum atomic E-state index is -4.22. The van der Waals surface area contributed by atoms with Gasteiger partial charge in [0.2, 0.25) is 0 Å². The first-order chi connectivity index (χ1) is 8.89. The summed E-state index contributed by atoms with van der Waals surface area (Å²) in [6.45, 7) is 0.0225. The van der Waals surface area contributed by atoms with Gasteiger partial charge in [0.1, 0.15) is 5.82 Å². The third kappa shape index (κ3) is 3.05. The maximum atomic E-state index is 13.4. The van der Waals surface area contributed by atoms with E-state index in [0.29, 0.717) is 0 Å². The zero-order chi connectivity index (χ0) is 14.0. The second kappa shape index (κ2) is 5.19. The minimum Gasteiger partial charge on any atom is -0.339 e. The SMILES string of the molecule is O=C(c1ccccc1F)N1CCC(C(F)(F)F)CC1. The predicted octanol–water partition coefficient (Wildman–Crippen LogP) is 3.24. The predicted molar refractivity (Wildman–Crippen MR) is 61.1 cm³/mol. The zero-order valence-electron chi connectivity index (χ0n) is 10.1. The first-order valence-corrected chi connectivity index (χ1v) is 6.00. The van der Waals surface area contributed by atoms with Crippen LogP contribution in [0.4, 0.5) is 17.6 Å². The minimum absolute atomic E-state index is 0.0113. The molecule has 0 saturated carbocycles. The molecular formula is C13H13F4NO. The summed E-state index contributed by atoms with van der Waals surface area (Å²) in [5, 5.41) is 0. The number of halogens is 4. The smallest absolute Gasteiger partial charge is 0.339 e. The Morgan fingerprint density at radius 1 is 1.16 bits per heavy atom. The van der Waals surface area contributed by atoms with Crippen molar-refractivity contribution in [1.82, 2.24) is 4.90 Å². The van der Waals surface area contributed by atoms with Crippen LogP contribution in [0.15, 0.2) is 24.3 Å². The highest BCUT2D eigenvalue weighted by molar-refractivity contribution is 5.94. The van der Waals surface area contributed by atoms with E-state index in [1.165, 1.54) is 23.1 Å². The van der Waals surface area contributed by atoms with Gasteiger partial charge in [0.25, 0.3) is 5.91 Å². The van der Waals surface area contributed by atoms with Gasteiger partial charge in [-0.15, -0.1) is 0 Å². The van der Waals surface area contributed by atoms with Crippen LogP contribution >= 0.6 is 0 Å². The van der Waals surface area contributed by atoms with Crippen molar-refractivity contribution in [3.8, 4) is 0 Å². The molecule has 6 heteroatoms. The van der Waals surface area contributed by atoms with E-state index in [2.05, 4.69) is 0 Å². The highest BCUT2D eigenvalue weighted by Crippen LogP contribution is 2.34. The molecule has 0 unspecified atom stereocenters. The highest BCUT2D eigenvalue weighted by Gasteiger charge is 2.41. The number of piperidine rings is 1. The van der Waals surface area contributed by atoms with E-state index in [1.807, 2.05) is 0 Å². The Bertz CT molecular complexity index is 464. The molecule has 2 nitrogen and oxygen atoms in total. The first kappa shape index (κ1) is 13.8. The molecule has 1 amide bonds. The number of hydrogen-bond acceptors (Lipinski definition) is 1. The summed E-state index contributed by atoms with van der Waals surface area (Å²) in [5.74, 6) is -2.55. The van der Waals surface area contributed by atoms with E-state index in [9.17, 15) is 22.4 Å². The molecule has 1 aliphatic rings. The Morgan fingerprint density at radius 2 is 1.74 bits per heavy atom. The van der Waals surface area contributed by atoms with Gasteiger partial charge in [-0.05, 0) is 25.0 Å². The summed E-state index contributed by atoms with van der Waals surface area (Å²) in [4.78, 5) is 13.3. The van der Waals surface area contributed by atoms with Crippen molar-refractivity contribution in [3.05, 3.63) is 35.6 Å². The number of rotatable bonds is 1. The van der Waals surface area contributed by atoms with E-state index in [0.717, 1.165) is 6.07 Å². The first-order valence-electron chi connectivity index (χ1n) is 6.00. The second-order valence-corrected chi connectivity index (χ2v) is 4.59. The zero-order valence-corrected chi connectivity index (χ0v) is 10.1. The maximum absolute atomic E-state index is 13.4. The van der Waals surface area contributed by atoms with E-state index in [-0.39, 0.29) is 31.5 Å². The topological polar surface area (TPSA) is 20.3 Å². The summed E-state index contributed by atoms with van der Waals surface area (Å²) in [6, 6.07) is 5.49. The van der Waals surface area contributed by atoms with Crippen molar-refractivity contribution in [2.24, 2.45) is 5.92 Å². The standard InChI is InChI=1S/C13H13F4NO/c14-11-4-2-1-3-10(11)12(19)18-7-5-9(6-8-18)13(15,16)17/h1-4,9H,5-8H2. The fraction of sp³-hybridized carbons (Fsp3) is 0.462. The van der Waals surface area contributed by atoms with Crippen LogP contribution in [-0.2, 0) is 0 Å². The molecule has 0 radical (unpaired) electrons. The van der Waals surface area contributed by atoms with Gasteiger partial charge in [0.05, 0.1) is 11.5 Å². The summed E-state index contributed by atoms with van der Waals surface area (Å²) < 4.78 is 50.9. The van der Waals surface area contributed by atoms with Gasteiger partial charge in [-0.3, -0.25) is 4.79 Å². The Labute approximate surface area is 108 Å². The van der Waals surface area contributed by atoms with E-state index in [4.69, 9.17) is 0 Å². The molecule has 1 fully saturated rings. The van der Waals surface area contributed by atoms with Gasteiger partial charge < -0.3 is 4.90 Å². The third-order valence-electron chi connectivity index (χ3n) is 3.35. The molecule has 1 aliphatic heterocycles. The van der Waals surface area contributed by atoms with Gasteiger partial charge in [0.15, 0.2) is 0 Å². The fourth-order valence-corrected chi connectivity index (χ4v) is 2.21. The van der Waals surface area contributed by atoms with E-state index in [1.54, 1.807) is 0 Å². The molecule has 1 aromatic carbocycles. The summed E-state index contributed by atoms with van der Waals surface area (Å²) in [6.07, 6.45) is -4.46. The molecule has 0 aromatic heterocycles. The number of benzene rings is 1. The lowest BCUT2D eigenvalue weighted by Gasteiger charge is -2.33. The Hall–Kier alpha value is -1.59. The number of carbonyl (C=O) groups excluding carboxylic acids is 1. The van der Waals surface area contributed by atoms with Crippen LogP contribution in [0.5, 0.6) is 0 Å². The third-order valence-corrected chi connectivity index (χ3v) is 3.35. The van der Waals surface area contributed by atoms with Crippen LogP contribution in [0.3, 0.4) is 0 Å². The molecule has 19 heavy (non-hydrogen) atoms. The molecule has 1 saturated heterocycles. The largest absolute Gasteiger partial charge is 0.391 e. The van der Waals surface area contributed by atoms with E-state index >= 15 is 0 Å². The Morgan fingerprint density at radius 3 is 2.26 bits per heavy atom.